The highest BCUT2D eigenvalue weighted by molar-refractivity contribution is 9.10. The number of carbonyl (C=O) groups is 1. The van der Waals surface area contributed by atoms with Crippen molar-refractivity contribution in [1.29, 1.82) is 0 Å². The van der Waals surface area contributed by atoms with E-state index < -0.39 is 5.97 Å². The Kier molecular flexibility index (Phi) is 11.4. The van der Waals surface area contributed by atoms with E-state index in [2.05, 4.69) is 57.2 Å². The highest BCUT2D eigenvalue weighted by Gasteiger charge is 2.19. The summed E-state index contributed by atoms with van der Waals surface area (Å²) in [6.07, 6.45) is 0. The fourth-order valence-corrected chi connectivity index (χ4v) is 6.80. The molecule has 0 unspecified atom stereocenters. The molecule has 8 nitrogen and oxygen atoms in total. The Hall–Kier alpha value is -3.93. The SMILES string of the molecule is O=C(O)CN1CCN(CCOCCOc2ccc(Oc3c(-c4ccc(Br)cc4)sc4cc(OCc5ccccc5)ccc34)cc2)CC1. The third-order valence-electron chi connectivity index (χ3n) is 7.89. The Labute approximate surface area is 287 Å². The first-order valence-corrected chi connectivity index (χ1v) is 17.3. The maximum Gasteiger partial charge on any atom is 0.317 e. The molecular formula is C37H37BrN2O6S. The van der Waals surface area contributed by atoms with Crippen molar-refractivity contribution >= 4 is 43.3 Å². The Morgan fingerprint density at radius 2 is 1.47 bits per heavy atom. The highest BCUT2D eigenvalue weighted by Crippen LogP contribution is 2.47. The van der Waals surface area contributed by atoms with Crippen LogP contribution in [0, 0.1) is 0 Å². The van der Waals surface area contributed by atoms with Crippen LogP contribution in [0.4, 0.5) is 0 Å². The van der Waals surface area contributed by atoms with Gasteiger partial charge in [0.25, 0.3) is 0 Å². The second-order valence-electron chi connectivity index (χ2n) is 11.2. The van der Waals surface area contributed by atoms with Gasteiger partial charge in [-0.15, -0.1) is 11.3 Å². The minimum atomic E-state index is -0.773. The van der Waals surface area contributed by atoms with Crippen LogP contribution in [0.2, 0.25) is 0 Å². The number of benzene rings is 4. The lowest BCUT2D eigenvalue weighted by molar-refractivity contribution is -0.138. The molecule has 244 valence electrons. The fraction of sp³-hybridized carbons (Fsp3) is 0.270. The van der Waals surface area contributed by atoms with Crippen LogP contribution in [0.3, 0.4) is 0 Å². The first kappa shape index (κ1) is 33.0. The van der Waals surface area contributed by atoms with E-state index in [9.17, 15) is 4.79 Å². The van der Waals surface area contributed by atoms with E-state index in [4.69, 9.17) is 24.1 Å². The van der Waals surface area contributed by atoms with E-state index in [0.717, 1.165) is 86.3 Å². The van der Waals surface area contributed by atoms with Gasteiger partial charge in [-0.25, -0.2) is 0 Å². The molecule has 1 aromatic heterocycles. The molecule has 1 aliphatic rings. The first-order valence-electron chi connectivity index (χ1n) is 15.6. The summed E-state index contributed by atoms with van der Waals surface area (Å²) in [5.74, 6) is 2.33. The number of nitrogens with zero attached hydrogens (tertiary/aromatic N) is 2. The van der Waals surface area contributed by atoms with Crippen molar-refractivity contribution in [2.45, 2.75) is 6.61 Å². The predicted molar refractivity (Wildman–Crippen MR) is 189 cm³/mol. The molecular weight excluding hydrogens is 680 g/mol. The Morgan fingerprint density at radius 1 is 0.766 bits per heavy atom. The number of ether oxygens (including phenoxy) is 4. The average molecular weight is 718 g/mol. The molecule has 10 heteroatoms. The Bertz CT molecular complexity index is 1740. The van der Waals surface area contributed by atoms with Gasteiger partial charge >= 0.3 is 5.97 Å². The number of piperazine rings is 1. The van der Waals surface area contributed by atoms with E-state index in [0.29, 0.717) is 26.4 Å². The van der Waals surface area contributed by atoms with E-state index in [1.165, 1.54) is 0 Å². The van der Waals surface area contributed by atoms with Gasteiger partial charge in [-0.1, -0.05) is 58.4 Å². The highest BCUT2D eigenvalue weighted by atomic mass is 79.9. The van der Waals surface area contributed by atoms with Crippen molar-refractivity contribution in [2.24, 2.45) is 0 Å². The summed E-state index contributed by atoms with van der Waals surface area (Å²) in [6.45, 7) is 6.27. The standard InChI is InChI=1S/C37H37BrN2O6S/c38-29-8-6-28(7-9-29)37-36(33-15-14-32(24-34(33)47-37)45-26-27-4-2-1-3-5-27)46-31-12-10-30(11-13-31)44-23-22-43-21-20-39-16-18-40(19-17-39)25-35(41)42/h1-15,24H,16-23,25-26H2,(H,41,42). The number of carboxylic acids is 1. The lowest BCUT2D eigenvalue weighted by Gasteiger charge is -2.33. The molecule has 1 N–H and O–H groups in total. The smallest absolute Gasteiger partial charge is 0.317 e. The van der Waals surface area contributed by atoms with Crippen molar-refractivity contribution in [3.63, 3.8) is 0 Å². The molecule has 2 heterocycles. The molecule has 47 heavy (non-hydrogen) atoms. The molecule has 0 spiro atoms. The van der Waals surface area contributed by atoms with Gasteiger partial charge in [0, 0.05) is 47.3 Å². The Balaban J connectivity index is 1.03. The fourth-order valence-electron chi connectivity index (χ4n) is 5.37. The van der Waals surface area contributed by atoms with Crippen molar-refractivity contribution in [2.75, 3.05) is 59.1 Å². The monoisotopic (exact) mass is 716 g/mol. The molecule has 0 radical (unpaired) electrons. The number of hydrogen-bond acceptors (Lipinski definition) is 8. The van der Waals surface area contributed by atoms with E-state index in [-0.39, 0.29) is 6.54 Å². The summed E-state index contributed by atoms with van der Waals surface area (Å²) in [4.78, 5) is 16.2. The maximum absolute atomic E-state index is 10.9. The molecule has 5 aromatic rings. The normalized spacial score (nSPS) is 13.9. The topological polar surface area (TPSA) is 80.7 Å². The maximum atomic E-state index is 10.9. The minimum absolute atomic E-state index is 0.110. The van der Waals surface area contributed by atoms with Crippen LogP contribution in [0.25, 0.3) is 20.5 Å². The van der Waals surface area contributed by atoms with Crippen LogP contribution in [0.1, 0.15) is 5.56 Å². The number of halogens is 1. The summed E-state index contributed by atoms with van der Waals surface area (Å²) >= 11 is 5.23. The first-order chi connectivity index (χ1) is 23.0. The van der Waals surface area contributed by atoms with E-state index >= 15 is 0 Å². The minimum Gasteiger partial charge on any atom is -0.491 e. The zero-order valence-corrected chi connectivity index (χ0v) is 28.4. The lowest BCUT2D eigenvalue weighted by atomic mass is 10.1. The second kappa shape index (κ2) is 16.3. The van der Waals surface area contributed by atoms with Gasteiger partial charge in [-0.05, 0) is 65.7 Å². The van der Waals surface area contributed by atoms with Gasteiger partial charge in [0.05, 0.1) is 24.6 Å². The van der Waals surface area contributed by atoms with Crippen LogP contribution in [0.15, 0.2) is 102 Å². The van der Waals surface area contributed by atoms with Crippen LogP contribution in [-0.2, 0) is 16.1 Å². The van der Waals surface area contributed by atoms with Gasteiger partial charge < -0.3 is 24.1 Å². The number of aliphatic carboxylic acids is 1. The number of fused-ring (bicyclic) bond motifs is 1. The lowest BCUT2D eigenvalue weighted by Crippen LogP contribution is -2.48. The largest absolute Gasteiger partial charge is 0.491 e. The Morgan fingerprint density at radius 3 is 2.21 bits per heavy atom. The summed E-state index contributed by atoms with van der Waals surface area (Å²) in [7, 11) is 0. The van der Waals surface area contributed by atoms with Gasteiger partial charge in [0.15, 0.2) is 5.75 Å². The summed E-state index contributed by atoms with van der Waals surface area (Å²) < 4.78 is 26.5. The summed E-state index contributed by atoms with van der Waals surface area (Å²) in [5.41, 5.74) is 2.21. The zero-order chi connectivity index (χ0) is 32.4. The van der Waals surface area contributed by atoms with E-state index in [1.54, 1.807) is 11.3 Å². The van der Waals surface area contributed by atoms with Gasteiger partial charge in [0.2, 0.25) is 0 Å². The molecule has 0 amide bonds. The third kappa shape index (κ3) is 9.33. The van der Waals surface area contributed by atoms with Crippen LogP contribution >= 0.6 is 27.3 Å². The molecule has 1 fully saturated rings. The third-order valence-corrected chi connectivity index (χ3v) is 9.60. The number of rotatable bonds is 15. The molecule has 1 aliphatic heterocycles. The molecule has 0 atom stereocenters. The van der Waals surface area contributed by atoms with Crippen molar-refractivity contribution in [1.82, 2.24) is 9.80 Å². The number of thiophene rings is 1. The van der Waals surface area contributed by atoms with Crippen LogP contribution in [0.5, 0.6) is 23.0 Å². The predicted octanol–water partition coefficient (Wildman–Crippen LogP) is 7.80. The van der Waals surface area contributed by atoms with Crippen LogP contribution < -0.4 is 14.2 Å². The van der Waals surface area contributed by atoms with E-state index in [1.807, 2.05) is 65.6 Å². The summed E-state index contributed by atoms with van der Waals surface area (Å²) in [6, 6.07) is 32.2. The molecule has 0 saturated carbocycles. The summed E-state index contributed by atoms with van der Waals surface area (Å²) in [5, 5.41) is 9.97. The van der Waals surface area contributed by atoms with Gasteiger partial charge in [-0.2, -0.15) is 0 Å². The van der Waals surface area contributed by atoms with Gasteiger partial charge in [0.1, 0.15) is 30.5 Å². The molecule has 0 aliphatic carbocycles. The quantitative estimate of drug-likeness (QED) is 0.110. The number of carboxylic acid groups (broad SMARTS) is 1. The van der Waals surface area contributed by atoms with Gasteiger partial charge in [-0.3, -0.25) is 14.6 Å². The molecule has 1 saturated heterocycles. The van der Waals surface area contributed by atoms with Crippen molar-refractivity contribution in [3.8, 4) is 33.4 Å². The molecule has 6 rings (SSSR count). The second-order valence-corrected chi connectivity index (χ2v) is 13.2. The van der Waals surface area contributed by atoms with Crippen molar-refractivity contribution in [3.05, 3.63) is 107 Å². The number of hydrogen-bond donors (Lipinski definition) is 1. The molecule has 0 bridgehead atoms. The van der Waals surface area contributed by atoms with Crippen molar-refractivity contribution < 1.29 is 28.8 Å². The zero-order valence-electron chi connectivity index (χ0n) is 26.0. The van der Waals surface area contributed by atoms with Crippen LogP contribution in [-0.4, -0.2) is 80.0 Å². The molecule has 4 aromatic carbocycles. The average Bonchev–Trinajstić information content (AvgIpc) is 3.44.